The first-order chi connectivity index (χ1) is 8.62. The van der Waals surface area contributed by atoms with E-state index in [0.29, 0.717) is 7.11 Å². The summed E-state index contributed by atoms with van der Waals surface area (Å²) < 4.78 is 115. The second-order valence-corrected chi connectivity index (χ2v) is 3.59. The number of aliphatic hydroxyl groups is 1. The summed E-state index contributed by atoms with van der Waals surface area (Å²) in [5.41, 5.74) is 0. The molecule has 0 saturated carbocycles. The van der Waals surface area contributed by atoms with Crippen molar-refractivity contribution >= 4 is 5.97 Å². The third-order valence-corrected chi connectivity index (χ3v) is 2.13. The summed E-state index contributed by atoms with van der Waals surface area (Å²) in [4.78, 5) is 10.5. The van der Waals surface area contributed by atoms with E-state index in [1.54, 1.807) is 0 Å². The maximum Gasteiger partial charge on any atom is 0.460 e. The Bertz CT molecular complexity index is 363. The standard InChI is InChI=1S/C8H7F9O3/c1-20-4(19)3(18)2-5(9,10)6(11,12)7(13,14)8(15,16)17/h3,18H,2H2,1H3. The Labute approximate surface area is 105 Å². The van der Waals surface area contributed by atoms with Gasteiger partial charge in [-0.1, -0.05) is 0 Å². The molecule has 1 N–H and O–H groups in total. The van der Waals surface area contributed by atoms with Crippen LogP contribution in [0.5, 0.6) is 0 Å². The second kappa shape index (κ2) is 5.30. The molecular formula is C8H7F9O3. The molecule has 120 valence electrons. The Morgan fingerprint density at radius 2 is 1.40 bits per heavy atom. The summed E-state index contributed by atoms with van der Waals surface area (Å²) in [6, 6.07) is 0. The maximum atomic E-state index is 12.9. The number of carbonyl (C=O) groups is 1. The van der Waals surface area contributed by atoms with Gasteiger partial charge in [0.05, 0.1) is 13.5 Å². The molecule has 20 heavy (non-hydrogen) atoms. The number of rotatable bonds is 5. The number of carbonyl (C=O) groups excluding carboxylic acids is 1. The highest BCUT2D eigenvalue weighted by molar-refractivity contribution is 5.74. The zero-order valence-electron chi connectivity index (χ0n) is 9.45. The average molecular weight is 322 g/mol. The van der Waals surface area contributed by atoms with Gasteiger partial charge in [-0.2, -0.15) is 39.5 Å². The van der Waals surface area contributed by atoms with Crippen molar-refractivity contribution in [3.8, 4) is 0 Å². The van der Waals surface area contributed by atoms with E-state index in [1.807, 2.05) is 0 Å². The number of halogens is 9. The Kier molecular flexibility index (Phi) is 4.98. The van der Waals surface area contributed by atoms with Gasteiger partial charge in [-0.25, -0.2) is 4.79 Å². The van der Waals surface area contributed by atoms with Gasteiger partial charge < -0.3 is 9.84 Å². The molecule has 0 fully saturated rings. The molecule has 0 spiro atoms. The molecule has 0 saturated heterocycles. The van der Waals surface area contributed by atoms with Gasteiger partial charge in [-0.15, -0.1) is 0 Å². The van der Waals surface area contributed by atoms with Crippen molar-refractivity contribution in [3.05, 3.63) is 0 Å². The highest BCUT2D eigenvalue weighted by atomic mass is 19.4. The fourth-order valence-electron chi connectivity index (χ4n) is 0.998. The molecule has 0 aliphatic rings. The second-order valence-electron chi connectivity index (χ2n) is 3.59. The van der Waals surface area contributed by atoms with E-state index in [9.17, 15) is 44.3 Å². The van der Waals surface area contributed by atoms with Crippen LogP contribution in [0.2, 0.25) is 0 Å². The van der Waals surface area contributed by atoms with Gasteiger partial charge in [0.15, 0.2) is 6.10 Å². The molecule has 0 bridgehead atoms. The highest BCUT2D eigenvalue weighted by Crippen LogP contribution is 2.54. The lowest BCUT2D eigenvalue weighted by atomic mass is 9.98. The number of methoxy groups -OCH3 is 1. The van der Waals surface area contributed by atoms with Crippen LogP contribution < -0.4 is 0 Å². The molecular weight excluding hydrogens is 315 g/mol. The number of ether oxygens (including phenoxy) is 1. The molecule has 0 aromatic rings. The van der Waals surface area contributed by atoms with Crippen molar-refractivity contribution in [2.75, 3.05) is 7.11 Å². The van der Waals surface area contributed by atoms with E-state index >= 15 is 0 Å². The smallest absolute Gasteiger partial charge is 0.460 e. The van der Waals surface area contributed by atoms with Crippen LogP contribution in [-0.2, 0) is 9.53 Å². The van der Waals surface area contributed by atoms with Crippen molar-refractivity contribution in [3.63, 3.8) is 0 Å². The molecule has 0 rings (SSSR count). The molecule has 0 aromatic heterocycles. The minimum Gasteiger partial charge on any atom is -0.467 e. The fraction of sp³-hybridized carbons (Fsp3) is 0.875. The van der Waals surface area contributed by atoms with Gasteiger partial charge in [0.2, 0.25) is 0 Å². The minimum absolute atomic E-state index is 0.548. The molecule has 0 amide bonds. The SMILES string of the molecule is COC(=O)C(O)CC(F)(F)C(F)(F)C(F)(F)C(F)(F)F. The van der Waals surface area contributed by atoms with Crippen molar-refractivity contribution in [1.82, 2.24) is 0 Å². The summed E-state index contributed by atoms with van der Waals surface area (Å²) >= 11 is 0. The van der Waals surface area contributed by atoms with E-state index in [-0.39, 0.29) is 0 Å². The summed E-state index contributed by atoms with van der Waals surface area (Å²) in [5.74, 6) is -21.8. The number of aliphatic hydroxyl groups excluding tert-OH is 1. The van der Waals surface area contributed by atoms with Crippen molar-refractivity contribution in [1.29, 1.82) is 0 Å². The first-order valence-corrected chi connectivity index (χ1v) is 4.58. The minimum atomic E-state index is -7.06. The molecule has 12 heteroatoms. The van der Waals surface area contributed by atoms with Crippen molar-refractivity contribution in [2.45, 2.75) is 36.5 Å². The number of hydrogen-bond acceptors (Lipinski definition) is 3. The van der Waals surface area contributed by atoms with Crippen molar-refractivity contribution in [2.24, 2.45) is 0 Å². The number of alkyl halides is 9. The molecule has 0 aromatic carbocycles. The van der Waals surface area contributed by atoms with Crippen LogP contribution in [0.25, 0.3) is 0 Å². The summed E-state index contributed by atoms with van der Waals surface area (Å²) in [5, 5.41) is 8.67. The predicted molar refractivity (Wildman–Crippen MR) is 43.5 cm³/mol. The van der Waals surface area contributed by atoms with Crippen LogP contribution in [0.1, 0.15) is 6.42 Å². The largest absolute Gasteiger partial charge is 0.467 e. The molecule has 1 atom stereocenters. The van der Waals surface area contributed by atoms with E-state index in [0.717, 1.165) is 0 Å². The first kappa shape index (κ1) is 18.8. The van der Waals surface area contributed by atoms with E-state index < -0.39 is 42.4 Å². The van der Waals surface area contributed by atoms with E-state index in [4.69, 9.17) is 5.11 Å². The van der Waals surface area contributed by atoms with Gasteiger partial charge in [0.25, 0.3) is 0 Å². The van der Waals surface area contributed by atoms with Gasteiger partial charge in [0.1, 0.15) is 0 Å². The summed E-state index contributed by atoms with van der Waals surface area (Å²) in [7, 11) is 0.548. The van der Waals surface area contributed by atoms with Gasteiger partial charge in [0, 0.05) is 0 Å². The normalized spacial score (nSPS) is 15.9. The monoisotopic (exact) mass is 322 g/mol. The Morgan fingerprint density at radius 1 is 1.00 bits per heavy atom. The number of hydrogen-bond donors (Lipinski definition) is 1. The number of esters is 1. The zero-order chi connectivity index (χ0) is 16.6. The fourth-order valence-corrected chi connectivity index (χ4v) is 0.998. The summed E-state index contributed by atoms with van der Waals surface area (Å²) in [6.07, 6.45) is -12.6. The Hall–Kier alpha value is -1.20. The molecule has 0 aliphatic carbocycles. The zero-order valence-corrected chi connectivity index (χ0v) is 9.45. The van der Waals surface area contributed by atoms with Gasteiger partial charge in [-0.05, 0) is 0 Å². The van der Waals surface area contributed by atoms with Crippen LogP contribution in [0.4, 0.5) is 39.5 Å². The Morgan fingerprint density at radius 3 is 1.70 bits per heavy atom. The lowest BCUT2D eigenvalue weighted by molar-refractivity contribution is -0.398. The highest BCUT2D eigenvalue weighted by Gasteiger charge is 2.81. The molecule has 0 radical (unpaired) electrons. The molecule has 1 unspecified atom stereocenters. The van der Waals surface area contributed by atoms with Crippen LogP contribution in [0.3, 0.4) is 0 Å². The van der Waals surface area contributed by atoms with Gasteiger partial charge in [-0.3, -0.25) is 0 Å². The maximum absolute atomic E-state index is 12.9. The molecule has 3 nitrogen and oxygen atoms in total. The van der Waals surface area contributed by atoms with E-state index in [1.165, 1.54) is 0 Å². The topological polar surface area (TPSA) is 46.5 Å². The average Bonchev–Trinajstić information content (AvgIpc) is 2.25. The quantitative estimate of drug-likeness (QED) is 0.624. The van der Waals surface area contributed by atoms with Crippen molar-refractivity contribution < 1.29 is 54.2 Å². The van der Waals surface area contributed by atoms with Crippen LogP contribution in [0, 0.1) is 0 Å². The van der Waals surface area contributed by atoms with E-state index in [2.05, 4.69) is 4.74 Å². The lowest BCUT2D eigenvalue weighted by Gasteiger charge is -2.34. The molecule has 0 aliphatic heterocycles. The first-order valence-electron chi connectivity index (χ1n) is 4.58. The van der Waals surface area contributed by atoms with Gasteiger partial charge >= 0.3 is 29.9 Å². The molecule has 0 heterocycles. The predicted octanol–water partition coefficient (Wildman–Crippen LogP) is 2.38. The summed E-state index contributed by atoms with van der Waals surface area (Å²) in [6.45, 7) is 0. The van der Waals surface area contributed by atoms with Crippen LogP contribution in [-0.4, -0.2) is 48.2 Å². The lowest BCUT2D eigenvalue weighted by Crippen LogP contribution is -2.61. The van der Waals surface area contributed by atoms with Crippen LogP contribution >= 0.6 is 0 Å². The van der Waals surface area contributed by atoms with Crippen LogP contribution in [0.15, 0.2) is 0 Å². The third-order valence-electron chi connectivity index (χ3n) is 2.13. The Balaban J connectivity index is 5.42. The third kappa shape index (κ3) is 3.10.